The van der Waals surface area contributed by atoms with Gasteiger partial charge in [-0.1, -0.05) is 13.8 Å². The Morgan fingerprint density at radius 3 is 2.67 bits per heavy atom. The fourth-order valence-corrected chi connectivity index (χ4v) is 3.61. The monoisotopic (exact) mass is 298 g/mol. The van der Waals surface area contributed by atoms with E-state index in [0.29, 0.717) is 18.7 Å². The predicted molar refractivity (Wildman–Crippen MR) is 87.4 cm³/mol. The SMILES string of the molecule is CCNC(C)(CC(C)N1CCCC(C)C1C)C(=O)OCC. The third-order valence-corrected chi connectivity index (χ3v) is 4.99. The highest BCUT2D eigenvalue weighted by molar-refractivity contribution is 5.80. The van der Waals surface area contributed by atoms with Crippen molar-refractivity contribution in [3.63, 3.8) is 0 Å². The lowest BCUT2D eigenvalue weighted by Crippen LogP contribution is -2.56. The summed E-state index contributed by atoms with van der Waals surface area (Å²) in [5.74, 6) is 0.602. The van der Waals surface area contributed by atoms with Crippen molar-refractivity contribution in [1.29, 1.82) is 0 Å². The van der Waals surface area contributed by atoms with Gasteiger partial charge in [-0.05, 0) is 66.0 Å². The van der Waals surface area contributed by atoms with Crippen LogP contribution in [0.15, 0.2) is 0 Å². The van der Waals surface area contributed by atoms with Crippen molar-refractivity contribution in [2.45, 2.75) is 78.4 Å². The molecule has 4 unspecified atom stereocenters. The average molecular weight is 298 g/mol. The van der Waals surface area contributed by atoms with E-state index < -0.39 is 5.54 Å². The highest BCUT2D eigenvalue weighted by Gasteiger charge is 2.38. The summed E-state index contributed by atoms with van der Waals surface area (Å²) in [4.78, 5) is 14.9. The Bertz CT molecular complexity index is 335. The minimum Gasteiger partial charge on any atom is -0.465 e. The Labute approximate surface area is 130 Å². The van der Waals surface area contributed by atoms with Crippen LogP contribution < -0.4 is 5.32 Å². The lowest BCUT2D eigenvalue weighted by atomic mass is 9.87. The van der Waals surface area contributed by atoms with Gasteiger partial charge >= 0.3 is 5.97 Å². The lowest BCUT2D eigenvalue weighted by Gasteiger charge is -2.44. The molecule has 124 valence electrons. The van der Waals surface area contributed by atoms with E-state index in [-0.39, 0.29) is 5.97 Å². The molecule has 0 saturated carbocycles. The molecule has 1 aliphatic rings. The van der Waals surface area contributed by atoms with E-state index in [4.69, 9.17) is 4.74 Å². The van der Waals surface area contributed by atoms with Gasteiger partial charge in [0, 0.05) is 12.1 Å². The van der Waals surface area contributed by atoms with Gasteiger partial charge in [0.25, 0.3) is 0 Å². The first-order valence-electron chi connectivity index (χ1n) is 8.53. The van der Waals surface area contributed by atoms with Gasteiger partial charge in [0.1, 0.15) is 5.54 Å². The number of carbonyl (C=O) groups excluding carboxylic acids is 1. The summed E-state index contributed by atoms with van der Waals surface area (Å²) < 4.78 is 5.28. The maximum atomic E-state index is 12.3. The van der Waals surface area contributed by atoms with E-state index in [2.05, 4.69) is 31.0 Å². The summed E-state index contributed by atoms with van der Waals surface area (Å²) in [6.45, 7) is 15.1. The second-order valence-corrected chi connectivity index (χ2v) is 6.73. The van der Waals surface area contributed by atoms with Crippen molar-refractivity contribution in [2.24, 2.45) is 5.92 Å². The molecule has 1 rings (SSSR count). The first-order chi connectivity index (χ1) is 9.85. The molecule has 1 aliphatic heterocycles. The van der Waals surface area contributed by atoms with Crippen LogP contribution >= 0.6 is 0 Å². The van der Waals surface area contributed by atoms with Crippen molar-refractivity contribution < 1.29 is 9.53 Å². The number of piperidine rings is 1. The van der Waals surface area contributed by atoms with Gasteiger partial charge in [-0.15, -0.1) is 0 Å². The largest absolute Gasteiger partial charge is 0.465 e. The van der Waals surface area contributed by atoms with Crippen LogP contribution in [-0.4, -0.2) is 48.2 Å². The highest BCUT2D eigenvalue weighted by Crippen LogP contribution is 2.28. The van der Waals surface area contributed by atoms with Crippen molar-refractivity contribution in [2.75, 3.05) is 19.7 Å². The zero-order valence-corrected chi connectivity index (χ0v) is 14.7. The van der Waals surface area contributed by atoms with E-state index in [1.807, 2.05) is 20.8 Å². The zero-order valence-electron chi connectivity index (χ0n) is 14.7. The molecule has 0 amide bonds. The third kappa shape index (κ3) is 4.68. The van der Waals surface area contributed by atoms with Crippen molar-refractivity contribution in [3.8, 4) is 0 Å². The number of hydrogen-bond donors (Lipinski definition) is 1. The first kappa shape index (κ1) is 18.4. The summed E-state index contributed by atoms with van der Waals surface area (Å²) in [7, 11) is 0. The van der Waals surface area contributed by atoms with Crippen molar-refractivity contribution in [3.05, 3.63) is 0 Å². The molecule has 1 fully saturated rings. The topological polar surface area (TPSA) is 41.6 Å². The maximum absolute atomic E-state index is 12.3. The fraction of sp³-hybridized carbons (Fsp3) is 0.941. The zero-order chi connectivity index (χ0) is 16.0. The van der Waals surface area contributed by atoms with E-state index in [0.717, 1.165) is 25.4 Å². The second kappa shape index (κ2) is 8.14. The van der Waals surface area contributed by atoms with Crippen molar-refractivity contribution in [1.82, 2.24) is 10.2 Å². The van der Waals surface area contributed by atoms with E-state index in [9.17, 15) is 4.79 Å². The Hall–Kier alpha value is -0.610. The number of esters is 1. The number of nitrogens with one attached hydrogen (secondary N) is 1. The number of rotatable bonds is 7. The smallest absolute Gasteiger partial charge is 0.326 e. The normalized spacial score (nSPS) is 27.9. The molecule has 0 aromatic rings. The van der Waals surface area contributed by atoms with Crippen LogP contribution in [0.5, 0.6) is 0 Å². The number of ether oxygens (including phenoxy) is 1. The first-order valence-corrected chi connectivity index (χ1v) is 8.53. The van der Waals surface area contributed by atoms with Gasteiger partial charge in [-0.3, -0.25) is 9.69 Å². The molecule has 0 aromatic carbocycles. The van der Waals surface area contributed by atoms with Crippen LogP contribution in [0.4, 0.5) is 0 Å². The van der Waals surface area contributed by atoms with Gasteiger partial charge < -0.3 is 10.1 Å². The van der Waals surface area contributed by atoms with Gasteiger partial charge in [0.05, 0.1) is 6.61 Å². The van der Waals surface area contributed by atoms with Crippen LogP contribution in [0.3, 0.4) is 0 Å². The minimum atomic E-state index is -0.593. The Morgan fingerprint density at radius 2 is 2.10 bits per heavy atom. The summed E-state index contributed by atoms with van der Waals surface area (Å²) in [6.07, 6.45) is 3.36. The van der Waals surface area contributed by atoms with Gasteiger partial charge in [0.2, 0.25) is 0 Å². The van der Waals surface area contributed by atoms with Gasteiger partial charge in [0.15, 0.2) is 0 Å². The molecule has 4 heteroatoms. The van der Waals surface area contributed by atoms with Crippen LogP contribution in [-0.2, 0) is 9.53 Å². The van der Waals surface area contributed by atoms with E-state index in [1.165, 1.54) is 12.8 Å². The molecule has 1 N–H and O–H groups in total. The summed E-state index contributed by atoms with van der Waals surface area (Å²) in [6, 6.07) is 0.957. The highest BCUT2D eigenvalue weighted by atomic mass is 16.5. The molecule has 4 atom stereocenters. The number of nitrogens with zero attached hydrogens (tertiary/aromatic N) is 1. The number of likely N-dealkylation sites (N-methyl/N-ethyl adjacent to an activating group) is 1. The van der Waals surface area contributed by atoms with Crippen LogP contribution in [0, 0.1) is 5.92 Å². The second-order valence-electron chi connectivity index (χ2n) is 6.73. The molecular formula is C17H34N2O2. The molecule has 1 saturated heterocycles. The van der Waals surface area contributed by atoms with Crippen LogP contribution in [0.1, 0.15) is 60.8 Å². The van der Waals surface area contributed by atoms with E-state index >= 15 is 0 Å². The quantitative estimate of drug-likeness (QED) is 0.734. The Kier molecular flexibility index (Phi) is 7.14. The molecule has 0 radical (unpaired) electrons. The minimum absolute atomic E-state index is 0.128. The summed E-state index contributed by atoms with van der Waals surface area (Å²) >= 11 is 0. The summed E-state index contributed by atoms with van der Waals surface area (Å²) in [5.41, 5.74) is -0.593. The Morgan fingerprint density at radius 1 is 1.43 bits per heavy atom. The molecule has 21 heavy (non-hydrogen) atoms. The molecule has 1 heterocycles. The molecule has 4 nitrogen and oxygen atoms in total. The average Bonchev–Trinajstić information content (AvgIpc) is 2.42. The lowest BCUT2D eigenvalue weighted by molar-refractivity contribution is -0.151. The van der Waals surface area contributed by atoms with Crippen molar-refractivity contribution >= 4 is 5.97 Å². The van der Waals surface area contributed by atoms with Crippen LogP contribution in [0.2, 0.25) is 0 Å². The molecule has 0 spiro atoms. The molecule has 0 aromatic heterocycles. The van der Waals surface area contributed by atoms with Crippen LogP contribution in [0.25, 0.3) is 0 Å². The summed E-state index contributed by atoms with van der Waals surface area (Å²) in [5, 5.41) is 3.34. The predicted octanol–water partition coefficient (Wildman–Crippen LogP) is 2.82. The van der Waals surface area contributed by atoms with Gasteiger partial charge in [-0.25, -0.2) is 0 Å². The number of hydrogen-bond acceptors (Lipinski definition) is 4. The maximum Gasteiger partial charge on any atom is 0.326 e. The number of likely N-dealkylation sites (tertiary alicyclic amines) is 1. The molecule has 0 aliphatic carbocycles. The Balaban J connectivity index is 2.75. The standard InChI is InChI=1S/C17H34N2O2/c1-7-18-17(6,16(20)21-8-2)12-14(4)19-11-9-10-13(3)15(19)5/h13-15,18H,7-12H2,1-6H3. The van der Waals surface area contributed by atoms with E-state index in [1.54, 1.807) is 0 Å². The molecular weight excluding hydrogens is 264 g/mol. The molecule has 0 bridgehead atoms. The van der Waals surface area contributed by atoms with Gasteiger partial charge in [-0.2, -0.15) is 0 Å². The number of carbonyl (C=O) groups is 1. The fourth-order valence-electron chi connectivity index (χ4n) is 3.61. The third-order valence-electron chi connectivity index (χ3n) is 4.99.